The van der Waals surface area contributed by atoms with Crippen LogP contribution in [0.1, 0.15) is 61.8 Å². The van der Waals surface area contributed by atoms with Gasteiger partial charge < -0.3 is 14.2 Å². The third kappa shape index (κ3) is 9.15. The number of nitrogens with zero attached hydrogens (tertiary/aromatic N) is 1. The summed E-state index contributed by atoms with van der Waals surface area (Å²) < 4.78 is 23.6. The van der Waals surface area contributed by atoms with E-state index >= 15 is 0 Å². The lowest BCUT2D eigenvalue weighted by Crippen LogP contribution is -2.50. The van der Waals surface area contributed by atoms with E-state index in [2.05, 4.69) is 0 Å². The highest BCUT2D eigenvalue weighted by Gasteiger charge is 2.38. The van der Waals surface area contributed by atoms with Crippen LogP contribution >= 0.6 is 7.60 Å². The van der Waals surface area contributed by atoms with E-state index in [4.69, 9.17) is 13.9 Å². The predicted molar refractivity (Wildman–Crippen MR) is 98.8 cm³/mol. The van der Waals surface area contributed by atoms with Crippen molar-refractivity contribution in [2.45, 2.75) is 73.5 Å². The number of rotatable bonds is 12. The number of carboxylic acids is 1. The van der Waals surface area contributed by atoms with E-state index in [0.717, 1.165) is 0 Å². The van der Waals surface area contributed by atoms with Crippen molar-refractivity contribution in [2.75, 3.05) is 25.9 Å². The summed E-state index contributed by atoms with van der Waals surface area (Å²) in [5.74, 6) is -0.996. The van der Waals surface area contributed by atoms with Crippen LogP contribution in [0.5, 0.6) is 0 Å². The van der Waals surface area contributed by atoms with Gasteiger partial charge in [-0.2, -0.15) is 5.06 Å². The highest BCUT2D eigenvalue weighted by molar-refractivity contribution is 7.53. The second kappa shape index (κ2) is 10.0. The molecule has 1 unspecified atom stereocenters. The number of aliphatic carboxylic acids is 1. The van der Waals surface area contributed by atoms with Gasteiger partial charge in [-0.05, 0) is 46.5 Å². The Kier molecular flexibility index (Phi) is 9.84. The van der Waals surface area contributed by atoms with Crippen LogP contribution in [0.3, 0.4) is 0 Å². The van der Waals surface area contributed by atoms with Crippen molar-refractivity contribution in [1.82, 2.24) is 5.06 Å². The summed E-state index contributed by atoms with van der Waals surface area (Å²) >= 11 is 0. The van der Waals surface area contributed by atoms with Gasteiger partial charge in [0.1, 0.15) is 0 Å². The van der Waals surface area contributed by atoms with Crippen LogP contribution in [-0.2, 0) is 23.2 Å². The zero-order valence-corrected chi connectivity index (χ0v) is 17.9. The molecule has 1 N–H and O–H groups in total. The number of carboxylic acid groups (broad SMARTS) is 1. The van der Waals surface area contributed by atoms with Gasteiger partial charge in [-0.1, -0.05) is 20.8 Å². The molecule has 0 aliphatic rings. The Morgan fingerprint density at radius 3 is 1.88 bits per heavy atom. The lowest BCUT2D eigenvalue weighted by molar-refractivity contribution is -0.253. The number of hydrogen-bond donors (Lipinski definition) is 1. The maximum atomic E-state index is 12.8. The fourth-order valence-corrected chi connectivity index (χ4v) is 4.56. The van der Waals surface area contributed by atoms with Gasteiger partial charge in [-0.3, -0.25) is 9.40 Å². The summed E-state index contributed by atoms with van der Waals surface area (Å²) in [6.07, 6.45) is -0.333. The average molecular weight is 381 g/mol. The molecule has 0 heterocycles. The Morgan fingerprint density at radius 1 is 1.08 bits per heavy atom. The van der Waals surface area contributed by atoms with E-state index in [1.165, 1.54) is 0 Å². The van der Waals surface area contributed by atoms with Crippen molar-refractivity contribution in [3.63, 3.8) is 0 Å². The van der Waals surface area contributed by atoms with Gasteiger partial charge in [-0.25, -0.2) is 4.79 Å². The molecule has 8 heteroatoms. The molecular weight excluding hydrogens is 345 g/mol. The van der Waals surface area contributed by atoms with Gasteiger partial charge in [0.2, 0.25) is 0 Å². The predicted octanol–water partition coefficient (Wildman–Crippen LogP) is 4.17. The summed E-state index contributed by atoms with van der Waals surface area (Å²) in [4.78, 5) is 17.1. The summed E-state index contributed by atoms with van der Waals surface area (Å²) in [6, 6.07) is 0. The molecule has 0 bridgehead atoms. The van der Waals surface area contributed by atoms with E-state index in [9.17, 15) is 14.5 Å². The Bertz CT molecular complexity index is 451. The second-order valence-corrected chi connectivity index (χ2v) is 9.87. The zero-order valence-electron chi connectivity index (χ0n) is 17.0. The molecule has 0 rings (SSSR count). The Hall–Kier alpha value is -0.460. The smallest absolute Gasteiger partial charge is 0.334 e. The molecule has 0 amide bonds. The van der Waals surface area contributed by atoms with Crippen molar-refractivity contribution in [1.29, 1.82) is 0 Å². The molecule has 150 valence electrons. The van der Waals surface area contributed by atoms with Crippen LogP contribution < -0.4 is 0 Å². The minimum atomic E-state index is -3.21. The van der Waals surface area contributed by atoms with Crippen molar-refractivity contribution in [3.8, 4) is 0 Å². The van der Waals surface area contributed by atoms with Crippen LogP contribution in [0.15, 0.2) is 0 Å². The standard InChI is InChI=1S/C17H36NO6P/c1-9-14(15(19)20)24-18(16(4,5)6)12-17(7,8)13-25(21,22-10-2)23-11-3/h14H,9-13H2,1-8H3,(H,19,20). The monoisotopic (exact) mass is 381 g/mol. The summed E-state index contributed by atoms with van der Waals surface area (Å²) in [5, 5.41) is 10.9. The zero-order chi connectivity index (χ0) is 19.9. The molecule has 0 aliphatic heterocycles. The highest BCUT2D eigenvalue weighted by Crippen LogP contribution is 2.52. The first-order valence-corrected chi connectivity index (χ1v) is 10.6. The van der Waals surface area contributed by atoms with E-state index in [1.54, 1.807) is 25.8 Å². The van der Waals surface area contributed by atoms with Crippen LogP contribution in [0.2, 0.25) is 0 Å². The van der Waals surface area contributed by atoms with Gasteiger partial charge in [0.05, 0.1) is 19.4 Å². The minimum absolute atomic E-state index is 0.224. The molecule has 0 fully saturated rings. The molecule has 0 aliphatic carbocycles. The Labute approximate surface area is 152 Å². The first kappa shape index (κ1) is 24.5. The summed E-state index contributed by atoms with van der Waals surface area (Å²) in [5.41, 5.74) is -0.884. The molecule has 25 heavy (non-hydrogen) atoms. The fraction of sp³-hybridized carbons (Fsp3) is 0.941. The second-order valence-electron chi connectivity index (χ2n) is 7.82. The van der Waals surface area contributed by atoms with Gasteiger partial charge in [0.25, 0.3) is 0 Å². The SMILES string of the molecule is CCOP(=O)(CC(C)(C)CN(OC(CC)C(=O)O)C(C)(C)C)OCC. The van der Waals surface area contributed by atoms with Crippen molar-refractivity contribution in [3.05, 3.63) is 0 Å². The number of hydroxylamine groups is 2. The van der Waals surface area contributed by atoms with Crippen LogP contribution in [0, 0.1) is 5.41 Å². The maximum absolute atomic E-state index is 12.8. The molecule has 0 radical (unpaired) electrons. The van der Waals surface area contributed by atoms with E-state index in [1.807, 2.05) is 34.6 Å². The Morgan fingerprint density at radius 2 is 1.56 bits per heavy atom. The average Bonchev–Trinajstić information content (AvgIpc) is 2.41. The van der Waals surface area contributed by atoms with Gasteiger partial charge in [0.15, 0.2) is 6.10 Å². The molecule has 0 spiro atoms. The summed E-state index contributed by atoms with van der Waals surface area (Å²) in [6.45, 7) is 16.1. The first-order valence-electron chi connectivity index (χ1n) is 8.85. The third-order valence-electron chi connectivity index (χ3n) is 3.49. The quantitative estimate of drug-likeness (QED) is 0.401. The van der Waals surface area contributed by atoms with E-state index in [0.29, 0.717) is 26.2 Å². The molecule has 0 aromatic heterocycles. The van der Waals surface area contributed by atoms with Crippen LogP contribution in [0.4, 0.5) is 0 Å². The first-order chi connectivity index (χ1) is 11.3. The van der Waals surface area contributed by atoms with Crippen molar-refractivity contribution in [2.24, 2.45) is 5.41 Å². The third-order valence-corrected chi connectivity index (χ3v) is 6.04. The topological polar surface area (TPSA) is 85.3 Å². The Balaban J connectivity index is 5.31. The van der Waals surface area contributed by atoms with Crippen molar-refractivity contribution >= 4 is 13.6 Å². The molecule has 0 aromatic carbocycles. The molecule has 0 aromatic rings. The lowest BCUT2D eigenvalue weighted by Gasteiger charge is -2.41. The van der Waals surface area contributed by atoms with Crippen molar-refractivity contribution < 1.29 is 28.4 Å². The largest absolute Gasteiger partial charge is 0.479 e. The maximum Gasteiger partial charge on any atom is 0.334 e. The summed E-state index contributed by atoms with van der Waals surface area (Å²) in [7, 11) is -3.21. The minimum Gasteiger partial charge on any atom is -0.479 e. The lowest BCUT2D eigenvalue weighted by atomic mass is 9.94. The molecule has 1 atom stereocenters. The molecule has 0 saturated heterocycles. The van der Waals surface area contributed by atoms with Gasteiger partial charge in [-0.15, -0.1) is 0 Å². The van der Waals surface area contributed by atoms with Gasteiger partial charge >= 0.3 is 13.6 Å². The van der Waals surface area contributed by atoms with Crippen LogP contribution in [0.25, 0.3) is 0 Å². The van der Waals surface area contributed by atoms with Gasteiger partial charge in [0, 0.05) is 12.1 Å². The molecular formula is C17H36NO6P. The number of hydrogen-bond acceptors (Lipinski definition) is 6. The highest BCUT2D eigenvalue weighted by atomic mass is 31.2. The van der Waals surface area contributed by atoms with E-state index in [-0.39, 0.29) is 6.16 Å². The van der Waals surface area contributed by atoms with Crippen LogP contribution in [-0.4, -0.2) is 53.7 Å². The fourth-order valence-electron chi connectivity index (χ4n) is 2.37. The molecule has 0 saturated carbocycles. The number of carbonyl (C=O) groups is 1. The van der Waals surface area contributed by atoms with E-state index < -0.39 is 30.6 Å². The molecule has 7 nitrogen and oxygen atoms in total. The normalized spacial score (nSPS) is 14.8.